The van der Waals surface area contributed by atoms with Gasteiger partial charge >= 0.3 is 7.12 Å². The number of methoxy groups -OCH3 is 1. The maximum Gasteiger partial charge on any atom is 0.495 e. The Bertz CT molecular complexity index is 529. The Morgan fingerprint density at radius 3 is 2.19 bits per heavy atom. The summed E-state index contributed by atoms with van der Waals surface area (Å²) in [5, 5.41) is 9.73. The summed E-state index contributed by atoms with van der Waals surface area (Å²) in [7, 11) is 0.719. The zero-order chi connectivity index (χ0) is 16.0. The molecule has 2 rings (SSSR count). The minimum absolute atomic E-state index is 0.0767. The quantitative estimate of drug-likeness (QED) is 0.685. The van der Waals surface area contributed by atoms with Crippen molar-refractivity contribution in [1.29, 1.82) is 0 Å². The molecule has 0 bridgehead atoms. The summed E-state index contributed by atoms with van der Waals surface area (Å²) in [6, 6.07) is 2.90. The first-order chi connectivity index (χ1) is 9.59. The largest absolute Gasteiger partial charge is 0.495 e. The van der Waals surface area contributed by atoms with Gasteiger partial charge in [0, 0.05) is 12.7 Å². The van der Waals surface area contributed by atoms with Gasteiger partial charge in [-0.15, -0.1) is 0 Å². The molecule has 1 aliphatic heterocycles. The molecule has 1 unspecified atom stereocenters. The zero-order valence-corrected chi connectivity index (χ0v) is 13.4. The first-order valence-corrected chi connectivity index (χ1v) is 6.95. The van der Waals surface area contributed by atoms with Crippen molar-refractivity contribution in [1.82, 2.24) is 0 Å². The Balaban J connectivity index is 2.42. The SMILES string of the molecule is COC(O)c1cc(B2OC(C)(C)C(C)(C)O2)c(C)cc1F. The molecule has 1 aromatic rings. The molecule has 1 aliphatic rings. The number of hydrogen-bond acceptors (Lipinski definition) is 4. The van der Waals surface area contributed by atoms with Gasteiger partial charge in [-0.25, -0.2) is 4.39 Å². The Labute approximate surface area is 125 Å². The number of aryl methyl sites for hydroxylation is 1. The van der Waals surface area contributed by atoms with Crippen LogP contribution in [0.1, 0.15) is 45.1 Å². The smallest absolute Gasteiger partial charge is 0.399 e. The van der Waals surface area contributed by atoms with E-state index in [-0.39, 0.29) is 5.56 Å². The van der Waals surface area contributed by atoms with Crippen molar-refractivity contribution >= 4 is 12.6 Å². The number of aliphatic hydroxyl groups excluding tert-OH is 1. The van der Waals surface area contributed by atoms with Crippen molar-refractivity contribution in [2.75, 3.05) is 7.11 Å². The van der Waals surface area contributed by atoms with Gasteiger partial charge in [0.1, 0.15) is 5.82 Å². The Hall–Kier alpha value is -0.945. The lowest BCUT2D eigenvalue weighted by Gasteiger charge is -2.32. The first-order valence-electron chi connectivity index (χ1n) is 6.95. The highest BCUT2D eigenvalue weighted by molar-refractivity contribution is 6.62. The summed E-state index contributed by atoms with van der Waals surface area (Å²) >= 11 is 0. The van der Waals surface area contributed by atoms with Gasteiger partial charge in [0.05, 0.1) is 11.2 Å². The molecule has 1 saturated heterocycles. The van der Waals surface area contributed by atoms with E-state index in [4.69, 9.17) is 14.0 Å². The summed E-state index contributed by atoms with van der Waals surface area (Å²) in [6.07, 6.45) is -1.31. The van der Waals surface area contributed by atoms with Crippen LogP contribution in [0.25, 0.3) is 0 Å². The number of rotatable bonds is 3. The van der Waals surface area contributed by atoms with E-state index in [9.17, 15) is 9.50 Å². The second kappa shape index (κ2) is 5.36. The van der Waals surface area contributed by atoms with E-state index in [1.165, 1.54) is 13.2 Å². The number of ether oxygens (including phenoxy) is 1. The third-order valence-electron chi connectivity index (χ3n) is 4.38. The van der Waals surface area contributed by atoms with Gasteiger partial charge in [-0.05, 0) is 51.7 Å². The fourth-order valence-corrected chi connectivity index (χ4v) is 2.25. The van der Waals surface area contributed by atoms with Crippen molar-refractivity contribution in [3.05, 3.63) is 29.1 Å². The van der Waals surface area contributed by atoms with Gasteiger partial charge in [-0.3, -0.25) is 0 Å². The number of aliphatic hydroxyl groups is 1. The van der Waals surface area contributed by atoms with Gasteiger partial charge in [0.25, 0.3) is 0 Å². The van der Waals surface area contributed by atoms with Crippen LogP contribution < -0.4 is 5.46 Å². The van der Waals surface area contributed by atoms with Gasteiger partial charge in [-0.1, -0.05) is 6.07 Å². The summed E-state index contributed by atoms with van der Waals surface area (Å²) in [5.41, 5.74) is 0.531. The molecule has 0 aromatic heterocycles. The van der Waals surface area contributed by atoms with Crippen molar-refractivity contribution < 1.29 is 23.5 Å². The van der Waals surface area contributed by atoms with E-state index >= 15 is 0 Å². The average molecular weight is 296 g/mol. The van der Waals surface area contributed by atoms with Crippen molar-refractivity contribution in [3.8, 4) is 0 Å². The predicted molar refractivity (Wildman–Crippen MR) is 78.8 cm³/mol. The lowest BCUT2D eigenvalue weighted by molar-refractivity contribution is -0.0789. The molecule has 1 fully saturated rings. The first kappa shape index (κ1) is 16.4. The van der Waals surface area contributed by atoms with E-state index in [2.05, 4.69) is 0 Å². The van der Waals surface area contributed by atoms with Crippen LogP contribution in [0.2, 0.25) is 0 Å². The van der Waals surface area contributed by atoms with Gasteiger partial charge in [-0.2, -0.15) is 0 Å². The van der Waals surface area contributed by atoms with Gasteiger partial charge in [0.15, 0.2) is 6.29 Å². The second-order valence-electron chi connectivity index (χ2n) is 6.41. The fourth-order valence-electron chi connectivity index (χ4n) is 2.25. The third kappa shape index (κ3) is 2.86. The van der Waals surface area contributed by atoms with E-state index in [0.29, 0.717) is 11.0 Å². The van der Waals surface area contributed by atoms with Gasteiger partial charge in [0.2, 0.25) is 0 Å². The lowest BCUT2D eigenvalue weighted by Crippen LogP contribution is -2.41. The summed E-state index contributed by atoms with van der Waals surface area (Å²) < 4.78 is 30.7. The minimum atomic E-state index is -1.31. The fraction of sp³-hybridized carbons (Fsp3) is 0.600. The van der Waals surface area contributed by atoms with Crippen LogP contribution >= 0.6 is 0 Å². The molecular formula is C15H22BFO4. The average Bonchev–Trinajstić information content (AvgIpc) is 2.57. The number of benzene rings is 1. The highest BCUT2D eigenvalue weighted by atomic mass is 19.1. The zero-order valence-electron chi connectivity index (χ0n) is 13.4. The maximum atomic E-state index is 13.9. The maximum absolute atomic E-state index is 13.9. The second-order valence-corrected chi connectivity index (χ2v) is 6.41. The highest BCUT2D eigenvalue weighted by Crippen LogP contribution is 2.37. The van der Waals surface area contributed by atoms with Gasteiger partial charge < -0.3 is 19.2 Å². The van der Waals surface area contributed by atoms with E-state index in [1.54, 1.807) is 13.0 Å². The Kier molecular flexibility index (Phi) is 4.19. The molecule has 0 radical (unpaired) electrons. The molecular weight excluding hydrogens is 274 g/mol. The molecule has 1 atom stereocenters. The molecule has 21 heavy (non-hydrogen) atoms. The molecule has 116 valence electrons. The van der Waals surface area contributed by atoms with E-state index in [1.807, 2.05) is 27.7 Å². The molecule has 1 N–H and O–H groups in total. The predicted octanol–water partition coefficient (Wildman–Crippen LogP) is 2.07. The minimum Gasteiger partial charge on any atom is -0.399 e. The molecule has 1 aromatic carbocycles. The summed E-state index contributed by atoms with van der Waals surface area (Å²) in [4.78, 5) is 0. The number of hydrogen-bond donors (Lipinski definition) is 1. The summed E-state index contributed by atoms with van der Waals surface area (Å²) in [5.74, 6) is -0.512. The highest BCUT2D eigenvalue weighted by Gasteiger charge is 2.52. The van der Waals surface area contributed by atoms with Crippen molar-refractivity contribution in [2.24, 2.45) is 0 Å². The van der Waals surface area contributed by atoms with Crippen LogP contribution in [-0.4, -0.2) is 30.5 Å². The molecule has 0 aliphatic carbocycles. The molecule has 6 heteroatoms. The lowest BCUT2D eigenvalue weighted by atomic mass is 9.75. The van der Waals surface area contributed by atoms with Crippen molar-refractivity contribution in [2.45, 2.75) is 52.1 Å². The monoisotopic (exact) mass is 296 g/mol. The normalized spacial score (nSPS) is 21.6. The number of halogens is 1. The van der Waals surface area contributed by atoms with Crippen molar-refractivity contribution in [3.63, 3.8) is 0 Å². The molecule has 0 spiro atoms. The standard InChI is InChI=1S/C15H22BFO4/c1-9-7-12(17)10(13(18)19-6)8-11(9)16-20-14(2,3)15(4,5)21-16/h7-8,13,18H,1-6H3. The van der Waals surface area contributed by atoms with Crippen LogP contribution in [0.3, 0.4) is 0 Å². The topological polar surface area (TPSA) is 47.9 Å². The van der Waals surface area contributed by atoms with Crippen LogP contribution in [-0.2, 0) is 14.0 Å². The molecule has 0 saturated carbocycles. The summed E-state index contributed by atoms with van der Waals surface area (Å²) in [6.45, 7) is 9.60. The van der Waals surface area contributed by atoms with E-state index in [0.717, 1.165) is 0 Å². The molecule has 1 heterocycles. The van der Waals surface area contributed by atoms with E-state index < -0.39 is 30.4 Å². The molecule has 0 amide bonds. The van der Waals surface area contributed by atoms with Crippen LogP contribution in [0, 0.1) is 12.7 Å². The van der Waals surface area contributed by atoms with Crippen LogP contribution in [0.15, 0.2) is 12.1 Å². The van der Waals surface area contributed by atoms with Crippen LogP contribution in [0.4, 0.5) is 4.39 Å². The van der Waals surface area contributed by atoms with Crippen LogP contribution in [0.5, 0.6) is 0 Å². The Morgan fingerprint density at radius 1 is 1.19 bits per heavy atom. The third-order valence-corrected chi connectivity index (χ3v) is 4.38. The Morgan fingerprint density at radius 2 is 1.71 bits per heavy atom. The molecule has 4 nitrogen and oxygen atoms in total.